The normalized spacial score (nSPS) is 25.3. The summed E-state index contributed by atoms with van der Waals surface area (Å²) in [5.74, 6) is -0.768. The Hall–Kier alpha value is -1.87. The van der Waals surface area contributed by atoms with E-state index < -0.39 is 5.97 Å². The molecule has 108 valence electrons. The first-order chi connectivity index (χ1) is 10.2. The third-order valence-electron chi connectivity index (χ3n) is 5.14. The molecule has 2 atom stereocenters. The molecule has 1 aliphatic carbocycles. The third kappa shape index (κ3) is 2.12. The number of carboxylic acids is 1. The van der Waals surface area contributed by atoms with Gasteiger partial charge in [0.1, 0.15) is 0 Å². The minimum Gasteiger partial charge on any atom is -0.481 e. The van der Waals surface area contributed by atoms with E-state index in [9.17, 15) is 9.90 Å². The molecule has 1 N–H and O–H groups in total. The van der Waals surface area contributed by atoms with Crippen LogP contribution in [0, 0.1) is 5.92 Å². The summed E-state index contributed by atoms with van der Waals surface area (Å²) in [6, 6.07) is 13.4. The SMILES string of the molecule is O=C(O)C1CCC(N2Cc3ccc4ccccc4c3C2)C1. The highest BCUT2D eigenvalue weighted by Crippen LogP contribution is 2.37. The van der Waals surface area contributed by atoms with E-state index in [1.807, 2.05) is 0 Å². The number of aliphatic carboxylic acids is 1. The van der Waals surface area contributed by atoms with Crippen LogP contribution in [0.2, 0.25) is 0 Å². The van der Waals surface area contributed by atoms with Crippen molar-refractivity contribution in [2.24, 2.45) is 5.92 Å². The lowest BCUT2D eigenvalue weighted by Crippen LogP contribution is -2.28. The van der Waals surface area contributed by atoms with Crippen LogP contribution in [-0.4, -0.2) is 22.0 Å². The van der Waals surface area contributed by atoms with Gasteiger partial charge in [-0.3, -0.25) is 9.69 Å². The number of hydrogen-bond acceptors (Lipinski definition) is 2. The lowest BCUT2D eigenvalue weighted by atomic mass is 10.0. The highest BCUT2D eigenvalue weighted by Gasteiger charge is 2.35. The van der Waals surface area contributed by atoms with Gasteiger partial charge in [-0.1, -0.05) is 36.4 Å². The lowest BCUT2D eigenvalue weighted by Gasteiger charge is -2.23. The topological polar surface area (TPSA) is 40.5 Å². The molecule has 0 amide bonds. The molecule has 2 unspecified atom stereocenters. The van der Waals surface area contributed by atoms with Gasteiger partial charge < -0.3 is 5.11 Å². The maximum atomic E-state index is 11.1. The number of carbonyl (C=O) groups is 1. The summed E-state index contributed by atoms with van der Waals surface area (Å²) < 4.78 is 0. The van der Waals surface area contributed by atoms with Gasteiger partial charge in [0, 0.05) is 19.1 Å². The first kappa shape index (κ1) is 12.8. The van der Waals surface area contributed by atoms with Crippen LogP contribution in [-0.2, 0) is 17.9 Å². The molecule has 1 aliphatic heterocycles. The Labute approximate surface area is 124 Å². The third-order valence-corrected chi connectivity index (χ3v) is 5.14. The van der Waals surface area contributed by atoms with Crippen LogP contribution < -0.4 is 0 Å². The van der Waals surface area contributed by atoms with Crippen molar-refractivity contribution in [3.8, 4) is 0 Å². The van der Waals surface area contributed by atoms with E-state index in [1.165, 1.54) is 21.9 Å². The second-order valence-electron chi connectivity index (χ2n) is 6.33. The fourth-order valence-electron chi connectivity index (χ4n) is 3.97. The van der Waals surface area contributed by atoms with Crippen molar-refractivity contribution in [1.82, 2.24) is 4.90 Å². The molecule has 1 saturated carbocycles. The monoisotopic (exact) mass is 281 g/mol. The fraction of sp³-hybridized carbons (Fsp3) is 0.389. The molecule has 1 heterocycles. The number of rotatable bonds is 2. The number of fused-ring (bicyclic) bond motifs is 3. The highest BCUT2D eigenvalue weighted by atomic mass is 16.4. The van der Waals surface area contributed by atoms with E-state index in [0.29, 0.717) is 6.04 Å². The average Bonchev–Trinajstić information content (AvgIpc) is 3.13. The van der Waals surface area contributed by atoms with Crippen LogP contribution in [0.1, 0.15) is 30.4 Å². The van der Waals surface area contributed by atoms with Crippen LogP contribution in [0.15, 0.2) is 36.4 Å². The van der Waals surface area contributed by atoms with E-state index in [4.69, 9.17) is 0 Å². The second kappa shape index (κ2) is 4.85. The van der Waals surface area contributed by atoms with Crippen molar-refractivity contribution < 1.29 is 9.90 Å². The molecule has 0 saturated heterocycles. The van der Waals surface area contributed by atoms with Gasteiger partial charge in [0.25, 0.3) is 0 Å². The summed E-state index contributed by atoms with van der Waals surface area (Å²) in [6.07, 6.45) is 2.65. The second-order valence-corrected chi connectivity index (χ2v) is 6.33. The predicted octanol–water partition coefficient (Wildman–Crippen LogP) is 3.41. The summed E-state index contributed by atoms with van der Waals surface area (Å²) in [7, 11) is 0. The van der Waals surface area contributed by atoms with Gasteiger partial charge >= 0.3 is 5.97 Å². The van der Waals surface area contributed by atoms with Crippen molar-refractivity contribution in [2.45, 2.75) is 38.4 Å². The summed E-state index contributed by atoms with van der Waals surface area (Å²) in [6.45, 7) is 1.94. The maximum Gasteiger partial charge on any atom is 0.306 e. The molecule has 1 fully saturated rings. The van der Waals surface area contributed by atoms with Crippen molar-refractivity contribution in [2.75, 3.05) is 0 Å². The van der Waals surface area contributed by atoms with Gasteiger partial charge in [0.15, 0.2) is 0 Å². The van der Waals surface area contributed by atoms with Crippen LogP contribution in [0.4, 0.5) is 0 Å². The lowest BCUT2D eigenvalue weighted by molar-refractivity contribution is -0.141. The van der Waals surface area contributed by atoms with E-state index in [-0.39, 0.29) is 5.92 Å². The summed E-state index contributed by atoms with van der Waals surface area (Å²) in [5.41, 5.74) is 2.85. The molecule has 0 bridgehead atoms. The van der Waals surface area contributed by atoms with Gasteiger partial charge in [0.05, 0.1) is 5.92 Å². The Morgan fingerprint density at radius 3 is 2.76 bits per heavy atom. The highest BCUT2D eigenvalue weighted by molar-refractivity contribution is 5.87. The molecule has 2 aromatic rings. The van der Waals surface area contributed by atoms with E-state index in [0.717, 1.165) is 32.4 Å². The Kier molecular flexibility index (Phi) is 2.96. The van der Waals surface area contributed by atoms with Crippen LogP contribution in [0.25, 0.3) is 10.8 Å². The van der Waals surface area contributed by atoms with Crippen LogP contribution >= 0.6 is 0 Å². The van der Waals surface area contributed by atoms with Gasteiger partial charge in [-0.2, -0.15) is 0 Å². The zero-order valence-electron chi connectivity index (χ0n) is 12.0. The largest absolute Gasteiger partial charge is 0.481 e. The molecule has 2 aromatic carbocycles. The zero-order chi connectivity index (χ0) is 14.4. The summed E-state index contributed by atoms with van der Waals surface area (Å²) >= 11 is 0. The number of benzene rings is 2. The first-order valence-corrected chi connectivity index (χ1v) is 7.69. The van der Waals surface area contributed by atoms with Crippen molar-refractivity contribution in [3.63, 3.8) is 0 Å². The standard InChI is InChI=1S/C18H19NO2/c20-18(21)13-7-8-15(9-13)19-10-14-6-5-12-3-1-2-4-16(12)17(14)11-19/h1-6,13,15H,7-11H2,(H,20,21). The quantitative estimate of drug-likeness (QED) is 0.917. The number of hydrogen-bond donors (Lipinski definition) is 1. The molecule has 4 rings (SSSR count). The molecule has 2 aliphatic rings. The van der Waals surface area contributed by atoms with Crippen LogP contribution in [0.3, 0.4) is 0 Å². The first-order valence-electron chi connectivity index (χ1n) is 7.69. The Bertz CT molecular complexity index is 709. The molecule has 0 aromatic heterocycles. The minimum absolute atomic E-state index is 0.143. The van der Waals surface area contributed by atoms with Gasteiger partial charge in [-0.25, -0.2) is 0 Å². The minimum atomic E-state index is -0.625. The van der Waals surface area contributed by atoms with Crippen molar-refractivity contribution in [1.29, 1.82) is 0 Å². The smallest absolute Gasteiger partial charge is 0.306 e. The molecular weight excluding hydrogens is 262 g/mol. The molecule has 3 heteroatoms. The molecule has 21 heavy (non-hydrogen) atoms. The van der Waals surface area contributed by atoms with Gasteiger partial charge in [-0.05, 0) is 41.2 Å². The number of nitrogens with zero attached hydrogens (tertiary/aromatic N) is 1. The Morgan fingerprint density at radius 1 is 1.10 bits per heavy atom. The molecular formula is C18H19NO2. The van der Waals surface area contributed by atoms with Crippen molar-refractivity contribution in [3.05, 3.63) is 47.5 Å². The van der Waals surface area contributed by atoms with Crippen molar-refractivity contribution >= 4 is 16.7 Å². The maximum absolute atomic E-state index is 11.1. The van der Waals surface area contributed by atoms with Gasteiger partial charge in [-0.15, -0.1) is 0 Å². The van der Waals surface area contributed by atoms with Gasteiger partial charge in [0.2, 0.25) is 0 Å². The molecule has 0 spiro atoms. The van der Waals surface area contributed by atoms with E-state index in [2.05, 4.69) is 41.3 Å². The average molecular weight is 281 g/mol. The fourth-order valence-corrected chi connectivity index (χ4v) is 3.97. The summed E-state index contributed by atoms with van der Waals surface area (Å²) in [4.78, 5) is 13.6. The molecule has 3 nitrogen and oxygen atoms in total. The summed E-state index contributed by atoms with van der Waals surface area (Å²) in [5, 5.41) is 11.8. The number of carboxylic acid groups (broad SMARTS) is 1. The predicted molar refractivity (Wildman–Crippen MR) is 82.0 cm³/mol. The van der Waals surface area contributed by atoms with E-state index >= 15 is 0 Å². The molecule has 0 radical (unpaired) electrons. The Balaban J connectivity index is 1.60. The van der Waals surface area contributed by atoms with Crippen LogP contribution in [0.5, 0.6) is 0 Å². The Morgan fingerprint density at radius 2 is 1.95 bits per heavy atom. The zero-order valence-corrected chi connectivity index (χ0v) is 12.0. The van der Waals surface area contributed by atoms with E-state index in [1.54, 1.807) is 0 Å².